The van der Waals surface area contributed by atoms with Gasteiger partial charge in [-0.3, -0.25) is 14.5 Å². The Balaban J connectivity index is 1.19. The minimum absolute atomic E-state index is 0.0461. The molecule has 39 heavy (non-hydrogen) atoms. The number of para-hydroxylation sites is 1. The molecule has 12 heteroatoms. The average Bonchev–Trinajstić information content (AvgIpc) is 2.94. The van der Waals surface area contributed by atoms with Crippen molar-refractivity contribution in [2.24, 2.45) is 0 Å². The Bertz CT molecular complexity index is 1650. The van der Waals surface area contributed by atoms with Gasteiger partial charge in [-0.2, -0.15) is 0 Å². The lowest BCUT2D eigenvalue weighted by Crippen LogP contribution is -2.51. The molecular weight excluding hydrogens is 528 g/mol. The van der Waals surface area contributed by atoms with E-state index in [-0.39, 0.29) is 48.4 Å². The van der Waals surface area contributed by atoms with Crippen LogP contribution in [-0.2, 0) is 10.0 Å². The van der Waals surface area contributed by atoms with E-state index in [2.05, 4.69) is 15.0 Å². The van der Waals surface area contributed by atoms with Crippen LogP contribution in [0.25, 0.3) is 10.9 Å². The van der Waals surface area contributed by atoms with E-state index in [1.165, 1.54) is 41.4 Å². The molecule has 0 spiro atoms. The third kappa shape index (κ3) is 5.65. The van der Waals surface area contributed by atoms with Crippen molar-refractivity contribution >= 4 is 44.2 Å². The van der Waals surface area contributed by atoms with E-state index < -0.39 is 27.7 Å². The number of urea groups is 1. The Kier molecular flexibility index (Phi) is 7.11. The molecule has 3 aromatic carbocycles. The van der Waals surface area contributed by atoms with Crippen LogP contribution in [0.4, 0.5) is 25.0 Å². The molecule has 2 heterocycles. The SMILES string of the molecule is O=C(Nc1ccc(F)cc1F)N1CCN(C(=O)c2ccc(NS(=O)(=O)c3cccc4cccnc34)cc2)CC1. The molecule has 0 radical (unpaired) electrons. The maximum atomic E-state index is 13.8. The first kappa shape index (κ1) is 26.0. The molecule has 1 fully saturated rings. The zero-order chi connectivity index (χ0) is 27.6. The highest BCUT2D eigenvalue weighted by atomic mass is 32.2. The standard InChI is InChI=1S/C27H23F2N5O4S/c28-20-8-11-23(22(29)17-20)31-27(36)34-15-13-33(14-16-34)26(35)19-6-9-21(10-7-19)32-39(37,38)24-5-1-3-18-4-2-12-30-25(18)24/h1-12,17,32H,13-16H2,(H,31,36). The summed E-state index contributed by atoms with van der Waals surface area (Å²) >= 11 is 0. The Morgan fingerprint density at radius 3 is 2.26 bits per heavy atom. The smallest absolute Gasteiger partial charge is 0.322 e. The highest BCUT2D eigenvalue weighted by molar-refractivity contribution is 7.93. The van der Waals surface area contributed by atoms with Crippen LogP contribution in [0.15, 0.2) is 83.9 Å². The number of carbonyl (C=O) groups excluding carboxylic acids is 2. The van der Waals surface area contributed by atoms with Crippen molar-refractivity contribution < 1.29 is 26.8 Å². The summed E-state index contributed by atoms with van der Waals surface area (Å²) < 4.78 is 55.5. The van der Waals surface area contributed by atoms with Crippen molar-refractivity contribution in [2.45, 2.75) is 4.90 Å². The predicted octanol–water partition coefficient (Wildman–Crippen LogP) is 4.30. The lowest BCUT2D eigenvalue weighted by Gasteiger charge is -2.34. The van der Waals surface area contributed by atoms with Crippen LogP contribution < -0.4 is 10.0 Å². The number of hydrogen-bond donors (Lipinski definition) is 2. The number of anilines is 2. The molecule has 2 N–H and O–H groups in total. The van der Waals surface area contributed by atoms with Crippen LogP contribution in [0, 0.1) is 11.6 Å². The van der Waals surface area contributed by atoms with E-state index in [0.717, 1.165) is 12.1 Å². The number of rotatable bonds is 5. The van der Waals surface area contributed by atoms with Crippen molar-refractivity contribution in [3.05, 3.63) is 96.2 Å². The fraction of sp³-hybridized carbons (Fsp3) is 0.148. The largest absolute Gasteiger partial charge is 0.335 e. The van der Waals surface area contributed by atoms with Gasteiger partial charge in [0.1, 0.15) is 16.5 Å². The van der Waals surface area contributed by atoms with Crippen molar-refractivity contribution in [2.75, 3.05) is 36.2 Å². The molecule has 1 aliphatic rings. The number of fused-ring (bicyclic) bond motifs is 1. The second-order valence-corrected chi connectivity index (χ2v) is 10.5. The summed E-state index contributed by atoms with van der Waals surface area (Å²) in [4.78, 5) is 32.7. The number of halogens is 2. The number of benzene rings is 3. The zero-order valence-corrected chi connectivity index (χ0v) is 21.3. The lowest BCUT2D eigenvalue weighted by atomic mass is 10.1. The quantitative estimate of drug-likeness (QED) is 0.384. The third-order valence-corrected chi connectivity index (χ3v) is 7.71. The molecule has 200 valence electrons. The number of sulfonamides is 1. The fourth-order valence-electron chi connectivity index (χ4n) is 4.26. The summed E-state index contributed by atoms with van der Waals surface area (Å²) in [5.74, 6) is -1.89. The van der Waals surface area contributed by atoms with Gasteiger partial charge < -0.3 is 15.1 Å². The lowest BCUT2D eigenvalue weighted by molar-refractivity contribution is 0.0671. The summed E-state index contributed by atoms with van der Waals surface area (Å²) in [5, 5.41) is 3.11. The Hall–Kier alpha value is -4.58. The molecule has 1 saturated heterocycles. The van der Waals surface area contributed by atoms with Gasteiger partial charge in [0.25, 0.3) is 15.9 Å². The van der Waals surface area contributed by atoms with Crippen LogP contribution in [0.2, 0.25) is 0 Å². The molecule has 1 aliphatic heterocycles. The van der Waals surface area contributed by atoms with Gasteiger partial charge in [0.15, 0.2) is 0 Å². The van der Waals surface area contributed by atoms with Gasteiger partial charge in [-0.15, -0.1) is 0 Å². The number of carbonyl (C=O) groups is 2. The van der Waals surface area contributed by atoms with E-state index in [4.69, 9.17) is 0 Å². The molecule has 0 atom stereocenters. The van der Waals surface area contributed by atoms with Crippen molar-refractivity contribution in [3.8, 4) is 0 Å². The number of hydrogen-bond acceptors (Lipinski definition) is 5. The summed E-state index contributed by atoms with van der Waals surface area (Å²) in [6, 6.07) is 16.8. The van der Waals surface area contributed by atoms with Crippen LogP contribution in [0.5, 0.6) is 0 Å². The van der Waals surface area contributed by atoms with Crippen LogP contribution >= 0.6 is 0 Å². The first-order valence-corrected chi connectivity index (χ1v) is 13.5. The molecular formula is C27H23F2N5O4S. The van der Waals surface area contributed by atoms with Crippen LogP contribution in [-0.4, -0.2) is 61.3 Å². The Morgan fingerprint density at radius 2 is 1.54 bits per heavy atom. The molecule has 0 unspecified atom stereocenters. The number of nitrogens with one attached hydrogen (secondary N) is 2. The first-order chi connectivity index (χ1) is 18.7. The van der Waals surface area contributed by atoms with Crippen LogP contribution in [0.3, 0.4) is 0 Å². The van der Waals surface area contributed by atoms with Crippen LogP contribution in [0.1, 0.15) is 10.4 Å². The van der Waals surface area contributed by atoms with E-state index in [1.54, 1.807) is 29.2 Å². The van der Waals surface area contributed by atoms with E-state index >= 15 is 0 Å². The molecule has 0 bridgehead atoms. The van der Waals surface area contributed by atoms with E-state index in [1.807, 2.05) is 0 Å². The fourth-order valence-corrected chi connectivity index (χ4v) is 5.50. The van der Waals surface area contributed by atoms with E-state index in [0.29, 0.717) is 22.5 Å². The number of piperazine rings is 1. The number of aromatic nitrogens is 1. The number of amides is 3. The zero-order valence-electron chi connectivity index (χ0n) is 20.5. The summed E-state index contributed by atoms with van der Waals surface area (Å²) in [5.41, 5.74) is 0.868. The highest BCUT2D eigenvalue weighted by Gasteiger charge is 2.26. The van der Waals surface area contributed by atoms with Gasteiger partial charge >= 0.3 is 6.03 Å². The molecule has 0 saturated carbocycles. The van der Waals surface area contributed by atoms with Crippen molar-refractivity contribution in [1.82, 2.24) is 14.8 Å². The average molecular weight is 552 g/mol. The van der Waals surface area contributed by atoms with Gasteiger partial charge in [0.05, 0.1) is 11.2 Å². The van der Waals surface area contributed by atoms with Crippen molar-refractivity contribution in [1.29, 1.82) is 0 Å². The number of nitrogens with zero attached hydrogens (tertiary/aromatic N) is 3. The molecule has 0 aliphatic carbocycles. The van der Waals surface area contributed by atoms with Gasteiger partial charge in [-0.25, -0.2) is 22.0 Å². The maximum absolute atomic E-state index is 13.8. The third-order valence-electron chi connectivity index (χ3n) is 6.30. The molecule has 4 aromatic rings. The van der Waals surface area contributed by atoms with E-state index in [9.17, 15) is 26.8 Å². The van der Waals surface area contributed by atoms with Gasteiger partial charge in [0, 0.05) is 55.1 Å². The summed E-state index contributed by atoms with van der Waals surface area (Å²) in [7, 11) is -3.93. The normalized spacial score (nSPS) is 13.8. The molecule has 5 rings (SSSR count). The predicted molar refractivity (Wildman–Crippen MR) is 142 cm³/mol. The monoisotopic (exact) mass is 551 g/mol. The summed E-state index contributed by atoms with van der Waals surface area (Å²) in [6.45, 7) is 0.940. The van der Waals surface area contributed by atoms with Gasteiger partial charge in [-0.05, 0) is 48.5 Å². The van der Waals surface area contributed by atoms with Gasteiger partial charge in [-0.1, -0.05) is 18.2 Å². The maximum Gasteiger partial charge on any atom is 0.322 e. The minimum Gasteiger partial charge on any atom is -0.335 e. The Morgan fingerprint density at radius 1 is 0.846 bits per heavy atom. The number of pyridine rings is 1. The molecule has 9 nitrogen and oxygen atoms in total. The topological polar surface area (TPSA) is 112 Å². The molecule has 3 amide bonds. The Labute approximate surface area is 223 Å². The van der Waals surface area contributed by atoms with Crippen molar-refractivity contribution in [3.63, 3.8) is 0 Å². The summed E-state index contributed by atoms with van der Waals surface area (Å²) in [6.07, 6.45) is 1.53. The second kappa shape index (κ2) is 10.7. The minimum atomic E-state index is -3.93. The first-order valence-electron chi connectivity index (χ1n) is 12.0. The second-order valence-electron chi connectivity index (χ2n) is 8.85. The molecule has 1 aromatic heterocycles. The van der Waals surface area contributed by atoms with Gasteiger partial charge in [0.2, 0.25) is 0 Å². The highest BCUT2D eigenvalue weighted by Crippen LogP contribution is 2.24.